The molecule has 0 atom stereocenters. The standard InChI is InChI=1S/C6H11N2.CNO.Na/c1-3-8-5-4-7(2)6-8;2-1-3;/h4-6H,3H2,1-2H3;;/q+1;-1;. The fourth-order valence-electron chi connectivity index (χ4n) is 0.689. The molecule has 0 fully saturated rings. The minimum Gasteiger partial charge on any atom is -0.724 e. The Hall–Kier alpha value is -0.410. The maximum atomic E-state index is 8.24. The summed E-state index contributed by atoms with van der Waals surface area (Å²) in [4.78, 5) is 8.24. The third-order valence-electron chi connectivity index (χ3n) is 1.19. The van der Waals surface area contributed by atoms with Gasteiger partial charge in [-0.3, -0.25) is 4.79 Å². The van der Waals surface area contributed by atoms with Gasteiger partial charge in [0.15, 0.2) is 0 Å². The molecule has 0 aliphatic carbocycles. The van der Waals surface area contributed by atoms with E-state index in [9.17, 15) is 0 Å². The van der Waals surface area contributed by atoms with Crippen LogP contribution < -0.4 is 4.57 Å². The summed E-state index contributed by atoms with van der Waals surface area (Å²) in [7, 11) is 2.02. The normalized spacial score (nSPS) is 7.17. The van der Waals surface area contributed by atoms with Crippen molar-refractivity contribution in [2.45, 2.75) is 13.5 Å². The van der Waals surface area contributed by atoms with E-state index in [1.807, 2.05) is 17.8 Å². The summed E-state index contributed by atoms with van der Waals surface area (Å²) < 4.78 is 4.16. The van der Waals surface area contributed by atoms with Crippen LogP contribution in [0.4, 0.5) is 0 Å². The van der Waals surface area contributed by atoms with E-state index in [1.54, 1.807) is 0 Å². The zero-order chi connectivity index (χ0) is 8.69. The molecule has 0 aliphatic rings. The molecule has 1 aromatic heterocycles. The van der Waals surface area contributed by atoms with E-state index in [0.29, 0.717) is 6.08 Å². The van der Waals surface area contributed by atoms with Crippen LogP contribution in [0.2, 0.25) is 0 Å². The van der Waals surface area contributed by atoms with Gasteiger partial charge in [0, 0.05) is 29.6 Å². The van der Waals surface area contributed by atoms with Gasteiger partial charge in [0.05, 0.1) is 13.6 Å². The summed E-state index contributed by atoms with van der Waals surface area (Å²) >= 11 is 0. The van der Waals surface area contributed by atoms with Crippen molar-refractivity contribution in [2.24, 2.45) is 7.05 Å². The average molecular weight is 176 g/mol. The molecule has 1 aromatic rings. The Morgan fingerprint density at radius 3 is 2.33 bits per heavy atom. The predicted octanol–water partition coefficient (Wildman–Crippen LogP) is -0.157. The number of rotatable bonds is 1. The minimum atomic E-state index is 0. The van der Waals surface area contributed by atoms with Crippen LogP contribution >= 0.6 is 0 Å². The van der Waals surface area contributed by atoms with Crippen molar-refractivity contribution in [3.8, 4) is 0 Å². The smallest absolute Gasteiger partial charge is 0.243 e. The second-order valence-electron chi connectivity index (χ2n) is 2.00. The molecule has 61 valence electrons. The monoisotopic (exact) mass is 176 g/mol. The Bertz CT molecular complexity index is 241. The van der Waals surface area contributed by atoms with Crippen molar-refractivity contribution in [2.75, 3.05) is 0 Å². The molecular weight excluding hydrogens is 165 g/mol. The molecule has 0 spiro atoms. The number of imidazole rings is 1. The molecule has 0 bridgehead atoms. The summed E-state index contributed by atoms with van der Waals surface area (Å²) in [6.45, 7) is 3.18. The van der Waals surface area contributed by atoms with E-state index in [0.717, 1.165) is 6.54 Å². The molecule has 0 unspecified atom stereocenters. The van der Waals surface area contributed by atoms with E-state index in [1.165, 1.54) is 0 Å². The first-order chi connectivity index (χ1) is 5.24. The summed E-state index contributed by atoms with van der Waals surface area (Å²) in [5.41, 5.74) is 0. The van der Waals surface area contributed by atoms with Gasteiger partial charge in [-0.05, 0) is 13.0 Å². The number of aromatic nitrogens is 2. The first kappa shape index (κ1) is 14.1. The van der Waals surface area contributed by atoms with Crippen LogP contribution in [0.1, 0.15) is 6.92 Å². The van der Waals surface area contributed by atoms with Gasteiger partial charge in [-0.2, -0.15) is 0 Å². The quantitative estimate of drug-likeness (QED) is 0.254. The Labute approximate surface area is 94.0 Å². The Kier molecular flexibility index (Phi) is 10.2. The zero-order valence-corrected chi connectivity index (χ0v) is 9.69. The van der Waals surface area contributed by atoms with Crippen molar-refractivity contribution in [3.05, 3.63) is 24.1 Å². The third kappa shape index (κ3) is 6.31. The van der Waals surface area contributed by atoms with E-state index in [2.05, 4.69) is 24.0 Å². The van der Waals surface area contributed by atoms with Gasteiger partial charge in [-0.1, -0.05) is 0 Å². The summed E-state index contributed by atoms with van der Waals surface area (Å²) in [5.74, 6) is 0. The molecular formula is C7H11N3NaO. The van der Waals surface area contributed by atoms with Crippen molar-refractivity contribution in [1.82, 2.24) is 4.57 Å². The molecule has 0 aliphatic heterocycles. The number of carbonyl (C=O) groups excluding carboxylic acids is 1. The van der Waals surface area contributed by atoms with Crippen molar-refractivity contribution < 1.29 is 9.36 Å². The number of nitrogens with zero attached hydrogens (tertiary/aromatic N) is 3. The molecule has 12 heavy (non-hydrogen) atoms. The van der Waals surface area contributed by atoms with E-state index in [-0.39, 0.29) is 29.6 Å². The molecule has 0 N–H and O–H groups in total. The number of aryl methyl sites for hydroxylation is 2. The van der Waals surface area contributed by atoms with Gasteiger partial charge in [0.25, 0.3) is 0 Å². The predicted molar refractivity (Wildman–Crippen MR) is 46.1 cm³/mol. The average Bonchev–Trinajstić information content (AvgIpc) is 2.37. The maximum Gasteiger partial charge on any atom is 0.243 e. The Balaban J connectivity index is 0. The van der Waals surface area contributed by atoms with Crippen LogP contribution in [0.25, 0.3) is 5.41 Å². The van der Waals surface area contributed by atoms with Crippen molar-refractivity contribution in [3.63, 3.8) is 0 Å². The SMILES string of the molecule is CCn1cc[n+](C)c1.[N-]=C=O.[Na]. The van der Waals surface area contributed by atoms with Gasteiger partial charge >= 0.3 is 0 Å². The molecule has 1 heterocycles. The maximum absolute atomic E-state index is 8.24. The van der Waals surface area contributed by atoms with Crippen molar-refractivity contribution >= 4 is 35.6 Å². The van der Waals surface area contributed by atoms with Crippen LogP contribution in [-0.2, 0) is 18.4 Å². The Morgan fingerprint density at radius 1 is 1.67 bits per heavy atom. The van der Waals surface area contributed by atoms with Crippen LogP contribution in [-0.4, -0.2) is 40.2 Å². The molecule has 0 saturated carbocycles. The first-order valence-corrected chi connectivity index (χ1v) is 3.26. The number of hydrogen-bond acceptors (Lipinski definition) is 1. The topological polar surface area (TPSA) is 48.2 Å². The summed E-state index contributed by atoms with van der Waals surface area (Å²) in [6.07, 6.45) is 6.64. The van der Waals surface area contributed by atoms with Gasteiger partial charge in [-0.25, -0.2) is 9.13 Å². The van der Waals surface area contributed by atoms with Crippen LogP contribution in [0.5, 0.6) is 0 Å². The summed E-state index contributed by atoms with van der Waals surface area (Å²) in [5, 5.41) is 6.76. The molecule has 4 nitrogen and oxygen atoms in total. The largest absolute Gasteiger partial charge is 0.724 e. The third-order valence-corrected chi connectivity index (χ3v) is 1.19. The molecule has 1 rings (SSSR count). The fraction of sp³-hybridized carbons (Fsp3) is 0.429. The van der Waals surface area contributed by atoms with Gasteiger partial charge in [0.2, 0.25) is 6.33 Å². The number of isocyanates is 1. The first-order valence-electron chi connectivity index (χ1n) is 3.26. The second kappa shape index (κ2) is 8.68. The van der Waals surface area contributed by atoms with Gasteiger partial charge in [-0.15, -0.1) is 0 Å². The zero-order valence-electron chi connectivity index (χ0n) is 7.69. The van der Waals surface area contributed by atoms with E-state index < -0.39 is 0 Å². The van der Waals surface area contributed by atoms with Crippen LogP contribution in [0.3, 0.4) is 0 Å². The molecule has 5 heteroatoms. The Morgan fingerprint density at radius 2 is 2.17 bits per heavy atom. The minimum absolute atomic E-state index is 0. The van der Waals surface area contributed by atoms with Gasteiger partial charge < -0.3 is 5.41 Å². The summed E-state index contributed by atoms with van der Waals surface area (Å²) in [6, 6.07) is 0. The van der Waals surface area contributed by atoms with E-state index in [4.69, 9.17) is 10.2 Å². The fourth-order valence-corrected chi connectivity index (χ4v) is 0.689. The van der Waals surface area contributed by atoms with Crippen molar-refractivity contribution in [1.29, 1.82) is 0 Å². The molecule has 1 radical (unpaired) electrons. The van der Waals surface area contributed by atoms with Gasteiger partial charge in [0.1, 0.15) is 12.4 Å². The molecule has 0 aromatic carbocycles. The molecule has 0 amide bonds. The number of hydrogen-bond donors (Lipinski definition) is 0. The molecule has 0 saturated heterocycles. The second-order valence-corrected chi connectivity index (χ2v) is 2.00. The van der Waals surface area contributed by atoms with Crippen LogP contribution in [0.15, 0.2) is 18.7 Å². The van der Waals surface area contributed by atoms with Crippen LogP contribution in [0, 0.1) is 0 Å². The van der Waals surface area contributed by atoms with E-state index >= 15 is 0 Å².